The molecular formula is C15H21N3O. The monoisotopic (exact) mass is 259 g/mol. The predicted octanol–water partition coefficient (Wildman–Crippen LogP) is 2.71. The van der Waals surface area contributed by atoms with E-state index in [4.69, 9.17) is 0 Å². The van der Waals surface area contributed by atoms with E-state index in [2.05, 4.69) is 50.0 Å². The Kier molecular flexibility index (Phi) is 4.00. The number of aliphatic hydroxyl groups excluding tert-OH is 1. The molecule has 102 valence electrons. The lowest BCUT2D eigenvalue weighted by Crippen LogP contribution is -2.10. The van der Waals surface area contributed by atoms with Crippen molar-refractivity contribution in [1.29, 1.82) is 0 Å². The van der Waals surface area contributed by atoms with E-state index in [1.165, 1.54) is 11.1 Å². The third-order valence-corrected chi connectivity index (χ3v) is 3.36. The molecular weight excluding hydrogens is 238 g/mol. The summed E-state index contributed by atoms with van der Waals surface area (Å²) in [5, 5.41) is 17.8. The minimum Gasteiger partial charge on any atom is -0.388 e. The van der Waals surface area contributed by atoms with Crippen molar-refractivity contribution in [3.8, 4) is 11.4 Å². The average Bonchev–Trinajstić information content (AvgIpc) is 2.75. The molecule has 0 aliphatic heterocycles. The number of hydrogen-bond acceptors (Lipinski definition) is 3. The highest BCUT2D eigenvalue weighted by Crippen LogP contribution is 2.25. The smallest absolute Gasteiger partial charge is 0.164 e. The fraction of sp³-hybridized carbons (Fsp3) is 0.467. The number of rotatable bonds is 4. The molecule has 0 atom stereocenters. The summed E-state index contributed by atoms with van der Waals surface area (Å²) in [5.74, 6) is 1.95. The standard InChI is InChI=1S/C15H21N3O/c1-10(2)8-18-14(9-19)16-17-15(18)13-7-5-6-11(3)12(13)4/h5-7,10,19H,8-9H2,1-4H3. The molecule has 2 rings (SSSR count). The van der Waals surface area contributed by atoms with Gasteiger partial charge in [-0.1, -0.05) is 32.0 Å². The van der Waals surface area contributed by atoms with Crippen molar-refractivity contribution in [1.82, 2.24) is 14.8 Å². The Morgan fingerprint density at radius 3 is 2.58 bits per heavy atom. The Hall–Kier alpha value is -1.68. The van der Waals surface area contributed by atoms with E-state index in [0.29, 0.717) is 11.7 Å². The Balaban J connectivity index is 2.55. The van der Waals surface area contributed by atoms with E-state index in [1.54, 1.807) is 0 Å². The Morgan fingerprint density at radius 2 is 1.95 bits per heavy atom. The summed E-state index contributed by atoms with van der Waals surface area (Å²) >= 11 is 0. The zero-order valence-corrected chi connectivity index (χ0v) is 12.0. The molecule has 0 radical (unpaired) electrons. The summed E-state index contributed by atoms with van der Waals surface area (Å²) in [4.78, 5) is 0. The minimum atomic E-state index is -0.0788. The van der Waals surface area contributed by atoms with Gasteiger partial charge in [0.05, 0.1) is 0 Å². The van der Waals surface area contributed by atoms with Crippen LogP contribution in [0.2, 0.25) is 0 Å². The normalized spacial score (nSPS) is 11.3. The Morgan fingerprint density at radius 1 is 1.21 bits per heavy atom. The van der Waals surface area contributed by atoms with Crippen molar-refractivity contribution >= 4 is 0 Å². The maximum atomic E-state index is 9.39. The zero-order valence-electron chi connectivity index (χ0n) is 12.0. The maximum Gasteiger partial charge on any atom is 0.164 e. The summed E-state index contributed by atoms with van der Waals surface area (Å²) in [6.07, 6.45) is 0. The second-order valence-corrected chi connectivity index (χ2v) is 5.35. The van der Waals surface area contributed by atoms with Gasteiger partial charge in [0.1, 0.15) is 6.61 Å². The van der Waals surface area contributed by atoms with Gasteiger partial charge in [0.25, 0.3) is 0 Å². The third kappa shape index (κ3) is 2.68. The largest absolute Gasteiger partial charge is 0.388 e. The van der Waals surface area contributed by atoms with Gasteiger partial charge in [0.15, 0.2) is 11.6 Å². The molecule has 1 N–H and O–H groups in total. The highest BCUT2D eigenvalue weighted by atomic mass is 16.3. The predicted molar refractivity (Wildman–Crippen MR) is 75.7 cm³/mol. The van der Waals surface area contributed by atoms with E-state index in [9.17, 15) is 5.11 Å². The van der Waals surface area contributed by atoms with E-state index in [1.807, 2.05) is 10.6 Å². The van der Waals surface area contributed by atoms with Crippen LogP contribution in [0.4, 0.5) is 0 Å². The first kappa shape index (κ1) is 13.7. The highest BCUT2D eigenvalue weighted by molar-refractivity contribution is 5.62. The Labute approximate surface area is 114 Å². The topological polar surface area (TPSA) is 50.9 Å². The van der Waals surface area contributed by atoms with Gasteiger partial charge in [-0.2, -0.15) is 0 Å². The van der Waals surface area contributed by atoms with Crippen LogP contribution < -0.4 is 0 Å². The molecule has 1 aromatic heterocycles. The summed E-state index contributed by atoms with van der Waals surface area (Å²) in [5.41, 5.74) is 3.54. The van der Waals surface area contributed by atoms with E-state index in [0.717, 1.165) is 17.9 Å². The lowest BCUT2D eigenvalue weighted by molar-refractivity contribution is 0.262. The highest BCUT2D eigenvalue weighted by Gasteiger charge is 2.16. The van der Waals surface area contributed by atoms with Crippen molar-refractivity contribution < 1.29 is 5.11 Å². The van der Waals surface area contributed by atoms with Crippen LogP contribution in [0.15, 0.2) is 18.2 Å². The molecule has 0 saturated carbocycles. The number of aliphatic hydroxyl groups is 1. The maximum absolute atomic E-state index is 9.39. The van der Waals surface area contributed by atoms with E-state index >= 15 is 0 Å². The first-order chi connectivity index (χ1) is 9.04. The van der Waals surface area contributed by atoms with Crippen molar-refractivity contribution in [2.75, 3.05) is 0 Å². The molecule has 1 aromatic carbocycles. The quantitative estimate of drug-likeness (QED) is 0.918. The molecule has 0 bridgehead atoms. The van der Waals surface area contributed by atoms with E-state index in [-0.39, 0.29) is 6.61 Å². The SMILES string of the molecule is Cc1cccc(-c2nnc(CO)n2CC(C)C)c1C. The van der Waals surface area contributed by atoms with Crippen LogP contribution in [0.3, 0.4) is 0 Å². The van der Waals surface area contributed by atoms with Gasteiger partial charge in [-0.25, -0.2) is 0 Å². The van der Waals surface area contributed by atoms with Crippen LogP contribution in [0, 0.1) is 19.8 Å². The van der Waals surface area contributed by atoms with Crippen LogP contribution in [0.1, 0.15) is 30.8 Å². The fourth-order valence-electron chi connectivity index (χ4n) is 2.20. The van der Waals surface area contributed by atoms with E-state index < -0.39 is 0 Å². The number of nitrogens with zero attached hydrogens (tertiary/aromatic N) is 3. The molecule has 0 saturated heterocycles. The van der Waals surface area contributed by atoms with Crippen LogP contribution >= 0.6 is 0 Å². The number of aromatic nitrogens is 3. The third-order valence-electron chi connectivity index (χ3n) is 3.36. The van der Waals surface area contributed by atoms with Gasteiger partial charge in [0, 0.05) is 12.1 Å². The lowest BCUT2D eigenvalue weighted by Gasteiger charge is -2.14. The van der Waals surface area contributed by atoms with Crippen LogP contribution in [0.5, 0.6) is 0 Å². The van der Waals surface area contributed by atoms with Gasteiger partial charge in [-0.05, 0) is 30.9 Å². The second kappa shape index (κ2) is 5.53. The molecule has 0 spiro atoms. The minimum absolute atomic E-state index is 0.0788. The number of benzene rings is 1. The molecule has 4 heteroatoms. The summed E-state index contributed by atoms with van der Waals surface area (Å²) < 4.78 is 2.02. The summed E-state index contributed by atoms with van der Waals surface area (Å²) in [6.45, 7) is 9.21. The molecule has 0 unspecified atom stereocenters. The van der Waals surface area contributed by atoms with Crippen LogP contribution in [-0.2, 0) is 13.2 Å². The first-order valence-electron chi connectivity index (χ1n) is 6.64. The fourth-order valence-corrected chi connectivity index (χ4v) is 2.20. The van der Waals surface area contributed by atoms with Crippen molar-refractivity contribution in [2.45, 2.75) is 40.8 Å². The summed E-state index contributed by atoms with van der Waals surface area (Å²) in [6, 6.07) is 6.18. The molecule has 0 amide bonds. The zero-order chi connectivity index (χ0) is 14.0. The Bertz CT molecular complexity index is 573. The average molecular weight is 259 g/mol. The molecule has 0 fully saturated rings. The number of hydrogen-bond donors (Lipinski definition) is 1. The summed E-state index contributed by atoms with van der Waals surface area (Å²) in [7, 11) is 0. The lowest BCUT2D eigenvalue weighted by atomic mass is 10.0. The number of aryl methyl sites for hydroxylation is 1. The van der Waals surface area contributed by atoms with Crippen molar-refractivity contribution in [2.24, 2.45) is 5.92 Å². The molecule has 19 heavy (non-hydrogen) atoms. The molecule has 2 aromatic rings. The van der Waals surface area contributed by atoms with Gasteiger partial charge in [-0.3, -0.25) is 0 Å². The van der Waals surface area contributed by atoms with Crippen LogP contribution in [-0.4, -0.2) is 19.9 Å². The molecule has 0 aliphatic rings. The van der Waals surface area contributed by atoms with Crippen molar-refractivity contribution in [3.63, 3.8) is 0 Å². The second-order valence-electron chi connectivity index (χ2n) is 5.35. The van der Waals surface area contributed by atoms with Gasteiger partial charge in [0.2, 0.25) is 0 Å². The molecule has 1 heterocycles. The first-order valence-corrected chi connectivity index (χ1v) is 6.64. The van der Waals surface area contributed by atoms with Gasteiger partial charge >= 0.3 is 0 Å². The van der Waals surface area contributed by atoms with Crippen molar-refractivity contribution in [3.05, 3.63) is 35.2 Å². The van der Waals surface area contributed by atoms with Gasteiger partial charge < -0.3 is 9.67 Å². The molecule has 0 aliphatic carbocycles. The molecule has 4 nitrogen and oxygen atoms in total. The van der Waals surface area contributed by atoms with Gasteiger partial charge in [-0.15, -0.1) is 10.2 Å². The van der Waals surface area contributed by atoms with Crippen LogP contribution in [0.25, 0.3) is 11.4 Å².